The van der Waals surface area contributed by atoms with Crippen LogP contribution in [0.5, 0.6) is 0 Å². The molecular weight excluding hydrogens is 288 g/mol. The fraction of sp³-hybridized carbons (Fsp3) is 0.188. The Morgan fingerprint density at radius 1 is 1.05 bits per heavy atom. The zero-order chi connectivity index (χ0) is 13.9. The minimum absolute atomic E-state index is 0.0375. The number of nitrogens with two attached hydrogens (primary N) is 1. The molecule has 2 N–H and O–H groups in total. The number of hydrogen-bond donors (Lipinski definition) is 1. The van der Waals surface area contributed by atoms with Crippen molar-refractivity contribution in [3.05, 3.63) is 64.1 Å². The van der Waals surface area contributed by atoms with Crippen molar-refractivity contribution in [2.75, 3.05) is 0 Å². The SMILES string of the molecule is NC(Cc1nc2ccccc2s1)Cc1ccccc1Cl. The average Bonchev–Trinajstić information content (AvgIpc) is 2.83. The second-order valence-electron chi connectivity index (χ2n) is 4.84. The highest BCUT2D eigenvalue weighted by Crippen LogP contribution is 2.23. The Morgan fingerprint density at radius 2 is 1.80 bits per heavy atom. The van der Waals surface area contributed by atoms with Crippen LogP contribution in [0, 0.1) is 0 Å². The predicted molar refractivity (Wildman–Crippen MR) is 86.5 cm³/mol. The van der Waals surface area contributed by atoms with E-state index in [4.69, 9.17) is 17.3 Å². The summed E-state index contributed by atoms with van der Waals surface area (Å²) in [6.45, 7) is 0. The van der Waals surface area contributed by atoms with E-state index in [-0.39, 0.29) is 6.04 Å². The summed E-state index contributed by atoms with van der Waals surface area (Å²) in [6, 6.07) is 16.1. The molecule has 1 aromatic heterocycles. The summed E-state index contributed by atoms with van der Waals surface area (Å²) in [7, 11) is 0. The lowest BCUT2D eigenvalue weighted by molar-refractivity contribution is 0.663. The van der Waals surface area contributed by atoms with Gasteiger partial charge in [-0.05, 0) is 30.2 Å². The third kappa shape index (κ3) is 3.01. The number of halogens is 1. The van der Waals surface area contributed by atoms with Crippen LogP contribution >= 0.6 is 22.9 Å². The van der Waals surface area contributed by atoms with Crippen molar-refractivity contribution in [3.63, 3.8) is 0 Å². The van der Waals surface area contributed by atoms with Crippen molar-refractivity contribution in [3.8, 4) is 0 Å². The van der Waals surface area contributed by atoms with Gasteiger partial charge >= 0.3 is 0 Å². The molecule has 0 saturated heterocycles. The van der Waals surface area contributed by atoms with Gasteiger partial charge in [-0.3, -0.25) is 0 Å². The van der Waals surface area contributed by atoms with Crippen LogP contribution in [-0.2, 0) is 12.8 Å². The van der Waals surface area contributed by atoms with Crippen molar-refractivity contribution >= 4 is 33.2 Å². The molecule has 0 bridgehead atoms. The topological polar surface area (TPSA) is 38.9 Å². The number of para-hydroxylation sites is 1. The highest BCUT2D eigenvalue weighted by atomic mass is 35.5. The molecule has 0 amide bonds. The maximum atomic E-state index is 6.24. The first kappa shape index (κ1) is 13.6. The molecule has 0 aliphatic heterocycles. The van der Waals surface area contributed by atoms with E-state index >= 15 is 0 Å². The number of thiazole rings is 1. The van der Waals surface area contributed by atoms with Gasteiger partial charge in [-0.25, -0.2) is 4.98 Å². The Morgan fingerprint density at radius 3 is 2.60 bits per heavy atom. The lowest BCUT2D eigenvalue weighted by Gasteiger charge is -2.10. The average molecular weight is 303 g/mol. The van der Waals surface area contributed by atoms with E-state index < -0.39 is 0 Å². The molecule has 3 rings (SSSR count). The van der Waals surface area contributed by atoms with Gasteiger partial charge in [0.25, 0.3) is 0 Å². The molecule has 1 heterocycles. The van der Waals surface area contributed by atoms with Crippen LogP contribution in [0.15, 0.2) is 48.5 Å². The number of benzene rings is 2. The smallest absolute Gasteiger partial charge is 0.0954 e. The molecule has 20 heavy (non-hydrogen) atoms. The summed E-state index contributed by atoms with van der Waals surface area (Å²) in [5.74, 6) is 0. The molecule has 2 aromatic carbocycles. The van der Waals surface area contributed by atoms with Gasteiger partial charge in [0.2, 0.25) is 0 Å². The lowest BCUT2D eigenvalue weighted by atomic mass is 10.0. The molecule has 1 atom stereocenters. The third-order valence-corrected chi connectivity index (χ3v) is 4.64. The Balaban J connectivity index is 1.72. The second-order valence-corrected chi connectivity index (χ2v) is 6.36. The monoisotopic (exact) mass is 302 g/mol. The van der Waals surface area contributed by atoms with Crippen LogP contribution in [0.3, 0.4) is 0 Å². The second kappa shape index (κ2) is 5.92. The van der Waals surface area contributed by atoms with Crippen molar-refractivity contribution in [2.24, 2.45) is 5.73 Å². The van der Waals surface area contributed by atoms with Crippen LogP contribution in [0.25, 0.3) is 10.2 Å². The van der Waals surface area contributed by atoms with Gasteiger partial charge in [-0.15, -0.1) is 11.3 Å². The molecular formula is C16H15ClN2S. The van der Waals surface area contributed by atoms with Gasteiger partial charge in [-0.2, -0.15) is 0 Å². The minimum atomic E-state index is 0.0375. The maximum Gasteiger partial charge on any atom is 0.0954 e. The zero-order valence-electron chi connectivity index (χ0n) is 10.9. The number of nitrogens with zero attached hydrogens (tertiary/aromatic N) is 1. The van der Waals surface area contributed by atoms with E-state index in [9.17, 15) is 0 Å². The summed E-state index contributed by atoms with van der Waals surface area (Å²) < 4.78 is 1.22. The normalized spacial score (nSPS) is 12.7. The van der Waals surface area contributed by atoms with E-state index in [1.807, 2.05) is 42.5 Å². The molecule has 2 nitrogen and oxygen atoms in total. The number of rotatable bonds is 4. The molecule has 1 unspecified atom stereocenters. The Labute approximate surface area is 127 Å². The number of hydrogen-bond acceptors (Lipinski definition) is 3. The van der Waals surface area contributed by atoms with E-state index in [2.05, 4.69) is 11.1 Å². The quantitative estimate of drug-likeness (QED) is 0.789. The fourth-order valence-corrected chi connectivity index (χ4v) is 3.52. The molecule has 0 spiro atoms. The fourth-order valence-electron chi connectivity index (χ4n) is 2.25. The first-order chi connectivity index (χ1) is 9.72. The zero-order valence-corrected chi connectivity index (χ0v) is 12.5. The first-order valence-electron chi connectivity index (χ1n) is 6.56. The van der Waals surface area contributed by atoms with Crippen LogP contribution in [-0.4, -0.2) is 11.0 Å². The van der Waals surface area contributed by atoms with E-state index in [0.717, 1.165) is 34.0 Å². The predicted octanol–water partition coefficient (Wildman–Crippen LogP) is 4.06. The van der Waals surface area contributed by atoms with E-state index in [1.54, 1.807) is 11.3 Å². The third-order valence-electron chi connectivity index (χ3n) is 3.21. The highest BCUT2D eigenvalue weighted by Gasteiger charge is 2.11. The number of aromatic nitrogens is 1. The van der Waals surface area contributed by atoms with Crippen LogP contribution in [0.2, 0.25) is 5.02 Å². The Kier molecular flexibility index (Phi) is 4.01. The van der Waals surface area contributed by atoms with Gasteiger partial charge in [0.1, 0.15) is 0 Å². The standard InChI is InChI=1S/C16H15ClN2S/c17-13-6-2-1-5-11(13)9-12(18)10-16-19-14-7-3-4-8-15(14)20-16/h1-8,12H,9-10,18H2. The van der Waals surface area contributed by atoms with E-state index in [0.29, 0.717) is 0 Å². The maximum absolute atomic E-state index is 6.24. The number of fused-ring (bicyclic) bond motifs is 1. The molecule has 0 saturated carbocycles. The van der Waals surface area contributed by atoms with Crippen molar-refractivity contribution in [1.29, 1.82) is 0 Å². The summed E-state index contributed by atoms with van der Waals surface area (Å²) >= 11 is 7.88. The minimum Gasteiger partial charge on any atom is -0.327 e. The van der Waals surface area contributed by atoms with Gasteiger partial charge in [-0.1, -0.05) is 41.9 Å². The van der Waals surface area contributed by atoms with Gasteiger partial charge < -0.3 is 5.73 Å². The van der Waals surface area contributed by atoms with Gasteiger partial charge in [0.05, 0.1) is 15.2 Å². The molecule has 0 aliphatic rings. The molecule has 102 valence electrons. The van der Waals surface area contributed by atoms with Crippen LogP contribution < -0.4 is 5.73 Å². The lowest BCUT2D eigenvalue weighted by Crippen LogP contribution is -2.25. The first-order valence-corrected chi connectivity index (χ1v) is 7.75. The molecule has 0 aliphatic carbocycles. The van der Waals surface area contributed by atoms with Gasteiger partial charge in [0.15, 0.2) is 0 Å². The van der Waals surface area contributed by atoms with Crippen LogP contribution in [0.4, 0.5) is 0 Å². The van der Waals surface area contributed by atoms with Gasteiger partial charge in [0, 0.05) is 17.5 Å². The van der Waals surface area contributed by atoms with Crippen molar-refractivity contribution < 1.29 is 0 Å². The summed E-state index contributed by atoms with van der Waals surface area (Å²) in [5.41, 5.74) is 8.39. The highest BCUT2D eigenvalue weighted by molar-refractivity contribution is 7.18. The molecule has 0 fully saturated rings. The Hall–Kier alpha value is -1.42. The molecule has 4 heteroatoms. The Bertz CT molecular complexity index is 690. The molecule has 0 radical (unpaired) electrons. The van der Waals surface area contributed by atoms with Crippen LogP contribution in [0.1, 0.15) is 10.6 Å². The summed E-state index contributed by atoms with van der Waals surface area (Å²) in [6.07, 6.45) is 1.56. The molecule has 3 aromatic rings. The summed E-state index contributed by atoms with van der Waals surface area (Å²) in [4.78, 5) is 4.62. The largest absolute Gasteiger partial charge is 0.327 e. The van der Waals surface area contributed by atoms with E-state index in [1.165, 1.54) is 4.70 Å². The van der Waals surface area contributed by atoms with Crippen molar-refractivity contribution in [1.82, 2.24) is 4.98 Å². The van der Waals surface area contributed by atoms with Crippen molar-refractivity contribution in [2.45, 2.75) is 18.9 Å². The summed E-state index contributed by atoms with van der Waals surface area (Å²) in [5, 5.41) is 1.87.